The topological polar surface area (TPSA) is 50.2 Å². The van der Waals surface area contributed by atoms with Gasteiger partial charge in [0.15, 0.2) is 0 Å². The largest absolute Gasteiger partial charge is 0.477 e. The molecule has 0 aliphatic heterocycles. The van der Waals surface area contributed by atoms with E-state index in [9.17, 15) is 9.18 Å². The van der Waals surface area contributed by atoms with Gasteiger partial charge in [-0.25, -0.2) is 14.2 Å². The number of carbonyl (C=O) groups is 1. The lowest BCUT2D eigenvalue weighted by molar-refractivity contribution is 0.0690. The van der Waals surface area contributed by atoms with Crippen LogP contribution in [0.2, 0.25) is 0 Å². The van der Waals surface area contributed by atoms with Crippen LogP contribution in [0.15, 0.2) is 47.5 Å². The standard InChI is InChI=1S/C13H10FNO2S/c14-10-1-3-11(4-2-10)18-8-9-5-6-15-12(7-9)13(16)17/h1-7H,8H2,(H,16,17). The summed E-state index contributed by atoms with van der Waals surface area (Å²) in [6.07, 6.45) is 1.48. The molecule has 92 valence electrons. The van der Waals surface area contributed by atoms with Crippen molar-refractivity contribution in [2.75, 3.05) is 0 Å². The van der Waals surface area contributed by atoms with Gasteiger partial charge in [0, 0.05) is 16.8 Å². The van der Waals surface area contributed by atoms with Gasteiger partial charge in [0.25, 0.3) is 0 Å². The minimum Gasteiger partial charge on any atom is -0.477 e. The van der Waals surface area contributed by atoms with Gasteiger partial charge in [-0.05, 0) is 42.0 Å². The first kappa shape index (κ1) is 12.6. The first-order valence-electron chi connectivity index (χ1n) is 5.22. The predicted octanol–water partition coefficient (Wildman–Crippen LogP) is 3.21. The summed E-state index contributed by atoms with van der Waals surface area (Å²) in [6.45, 7) is 0. The van der Waals surface area contributed by atoms with E-state index in [2.05, 4.69) is 4.98 Å². The molecule has 0 aliphatic carbocycles. The van der Waals surface area contributed by atoms with Gasteiger partial charge >= 0.3 is 5.97 Å². The molecule has 1 heterocycles. The molecule has 2 aromatic rings. The second kappa shape index (κ2) is 5.64. The number of nitrogens with zero attached hydrogens (tertiary/aromatic N) is 1. The Labute approximate surface area is 108 Å². The third kappa shape index (κ3) is 3.30. The SMILES string of the molecule is O=C(O)c1cc(CSc2ccc(F)cc2)ccn1. The first-order chi connectivity index (χ1) is 8.65. The van der Waals surface area contributed by atoms with Crippen LogP contribution in [0.25, 0.3) is 0 Å². The van der Waals surface area contributed by atoms with E-state index in [-0.39, 0.29) is 11.5 Å². The third-order valence-corrected chi connectivity index (χ3v) is 3.35. The summed E-state index contributed by atoms with van der Waals surface area (Å²) in [7, 11) is 0. The average Bonchev–Trinajstić information content (AvgIpc) is 2.38. The second-order valence-corrected chi connectivity index (χ2v) is 4.65. The van der Waals surface area contributed by atoms with E-state index in [4.69, 9.17) is 5.11 Å². The highest BCUT2D eigenvalue weighted by Gasteiger charge is 2.05. The number of benzene rings is 1. The zero-order valence-corrected chi connectivity index (χ0v) is 10.2. The summed E-state index contributed by atoms with van der Waals surface area (Å²) in [5, 5.41) is 8.81. The van der Waals surface area contributed by atoms with E-state index >= 15 is 0 Å². The molecular weight excluding hydrogens is 253 g/mol. The average molecular weight is 263 g/mol. The molecule has 0 saturated heterocycles. The molecule has 0 fully saturated rings. The number of carboxylic acid groups (broad SMARTS) is 1. The number of pyridine rings is 1. The van der Waals surface area contributed by atoms with E-state index in [1.165, 1.54) is 30.1 Å². The summed E-state index contributed by atoms with van der Waals surface area (Å²) in [5.41, 5.74) is 0.906. The van der Waals surface area contributed by atoms with Crippen LogP contribution in [0, 0.1) is 5.82 Å². The van der Waals surface area contributed by atoms with Crippen molar-refractivity contribution in [1.82, 2.24) is 4.98 Å². The second-order valence-electron chi connectivity index (χ2n) is 3.60. The van der Waals surface area contributed by atoms with E-state index in [0.29, 0.717) is 5.75 Å². The number of thioether (sulfide) groups is 1. The van der Waals surface area contributed by atoms with Crippen molar-refractivity contribution < 1.29 is 14.3 Å². The highest BCUT2D eigenvalue weighted by atomic mass is 32.2. The third-order valence-electron chi connectivity index (χ3n) is 2.26. The number of aromatic carboxylic acids is 1. The lowest BCUT2D eigenvalue weighted by Crippen LogP contribution is -2.00. The lowest BCUT2D eigenvalue weighted by atomic mass is 10.2. The first-order valence-corrected chi connectivity index (χ1v) is 6.20. The molecule has 3 nitrogen and oxygen atoms in total. The number of carboxylic acids is 1. The van der Waals surface area contributed by atoms with Gasteiger partial charge in [0.05, 0.1) is 0 Å². The predicted molar refractivity (Wildman–Crippen MR) is 67.2 cm³/mol. The fourth-order valence-corrected chi connectivity index (χ4v) is 2.22. The Morgan fingerprint density at radius 1 is 1.28 bits per heavy atom. The molecule has 1 N–H and O–H groups in total. The van der Waals surface area contributed by atoms with Gasteiger partial charge < -0.3 is 5.11 Å². The fraction of sp³-hybridized carbons (Fsp3) is 0.0769. The molecule has 18 heavy (non-hydrogen) atoms. The minimum atomic E-state index is -1.04. The van der Waals surface area contributed by atoms with Crippen molar-refractivity contribution in [2.45, 2.75) is 10.6 Å². The van der Waals surface area contributed by atoms with Crippen LogP contribution in [-0.4, -0.2) is 16.1 Å². The Balaban J connectivity index is 2.04. The molecule has 0 bridgehead atoms. The Hall–Kier alpha value is -1.88. The maximum absolute atomic E-state index is 12.7. The van der Waals surface area contributed by atoms with Crippen LogP contribution >= 0.6 is 11.8 Å². The quantitative estimate of drug-likeness (QED) is 0.860. The molecule has 5 heteroatoms. The van der Waals surface area contributed by atoms with Crippen molar-refractivity contribution in [3.05, 3.63) is 59.7 Å². The minimum absolute atomic E-state index is 0.0345. The van der Waals surface area contributed by atoms with E-state index < -0.39 is 5.97 Å². The Morgan fingerprint density at radius 2 is 2.00 bits per heavy atom. The monoisotopic (exact) mass is 263 g/mol. The van der Waals surface area contributed by atoms with Crippen LogP contribution < -0.4 is 0 Å². The van der Waals surface area contributed by atoms with Gasteiger partial charge in [-0.15, -0.1) is 11.8 Å². The molecule has 0 unspecified atom stereocenters. The molecule has 0 aliphatic rings. The summed E-state index contributed by atoms with van der Waals surface area (Å²) >= 11 is 1.52. The van der Waals surface area contributed by atoms with Gasteiger partial charge in [-0.2, -0.15) is 0 Å². The molecule has 2 rings (SSSR count). The van der Waals surface area contributed by atoms with Crippen molar-refractivity contribution in [3.63, 3.8) is 0 Å². The molecular formula is C13H10FNO2S. The lowest BCUT2D eigenvalue weighted by Gasteiger charge is -2.02. The van der Waals surface area contributed by atoms with Crippen LogP contribution in [0.3, 0.4) is 0 Å². The summed E-state index contributed by atoms with van der Waals surface area (Å²) < 4.78 is 12.7. The van der Waals surface area contributed by atoms with Crippen molar-refractivity contribution in [3.8, 4) is 0 Å². The van der Waals surface area contributed by atoms with Crippen LogP contribution in [0.5, 0.6) is 0 Å². The normalized spacial score (nSPS) is 10.3. The molecule has 1 aromatic heterocycles. The van der Waals surface area contributed by atoms with Crippen LogP contribution in [0.4, 0.5) is 4.39 Å². The molecule has 0 spiro atoms. The smallest absolute Gasteiger partial charge is 0.354 e. The van der Waals surface area contributed by atoms with E-state index in [0.717, 1.165) is 10.5 Å². The number of hydrogen-bond acceptors (Lipinski definition) is 3. The number of halogens is 1. The molecule has 0 atom stereocenters. The Kier molecular flexibility index (Phi) is 3.94. The fourth-order valence-electron chi connectivity index (χ4n) is 1.38. The molecule has 1 aromatic carbocycles. The Morgan fingerprint density at radius 3 is 2.67 bits per heavy atom. The number of hydrogen-bond donors (Lipinski definition) is 1. The highest BCUT2D eigenvalue weighted by Crippen LogP contribution is 2.22. The summed E-state index contributed by atoms with van der Waals surface area (Å²) in [5.74, 6) is -0.686. The maximum atomic E-state index is 12.7. The Bertz CT molecular complexity index is 557. The zero-order valence-electron chi connectivity index (χ0n) is 9.34. The van der Waals surface area contributed by atoms with E-state index in [1.54, 1.807) is 24.3 Å². The van der Waals surface area contributed by atoms with Gasteiger partial charge in [0.1, 0.15) is 11.5 Å². The highest BCUT2D eigenvalue weighted by molar-refractivity contribution is 7.98. The van der Waals surface area contributed by atoms with Crippen molar-refractivity contribution in [2.24, 2.45) is 0 Å². The maximum Gasteiger partial charge on any atom is 0.354 e. The van der Waals surface area contributed by atoms with Crippen molar-refractivity contribution in [1.29, 1.82) is 0 Å². The number of rotatable bonds is 4. The van der Waals surface area contributed by atoms with Gasteiger partial charge in [0.2, 0.25) is 0 Å². The van der Waals surface area contributed by atoms with Crippen LogP contribution in [0.1, 0.15) is 16.1 Å². The molecule has 0 amide bonds. The zero-order chi connectivity index (χ0) is 13.0. The van der Waals surface area contributed by atoms with E-state index in [1.807, 2.05) is 0 Å². The van der Waals surface area contributed by atoms with Gasteiger partial charge in [-0.3, -0.25) is 0 Å². The molecule has 0 saturated carbocycles. The summed E-state index contributed by atoms with van der Waals surface area (Å²) in [6, 6.07) is 9.50. The number of aromatic nitrogens is 1. The van der Waals surface area contributed by atoms with Gasteiger partial charge in [-0.1, -0.05) is 0 Å². The molecule has 0 radical (unpaired) electrons. The van der Waals surface area contributed by atoms with Crippen LogP contribution in [-0.2, 0) is 5.75 Å². The summed E-state index contributed by atoms with van der Waals surface area (Å²) in [4.78, 5) is 15.4. The van der Waals surface area contributed by atoms with Crippen molar-refractivity contribution >= 4 is 17.7 Å².